The summed E-state index contributed by atoms with van der Waals surface area (Å²) in [5, 5.41) is 9.11. The van der Waals surface area contributed by atoms with Crippen molar-refractivity contribution in [1.29, 1.82) is 0 Å². The van der Waals surface area contributed by atoms with Gasteiger partial charge in [0.15, 0.2) is 0 Å². The molecule has 2 unspecified atom stereocenters. The van der Waals surface area contributed by atoms with E-state index >= 15 is 0 Å². The summed E-state index contributed by atoms with van der Waals surface area (Å²) in [6, 6.07) is 3.84. The largest absolute Gasteiger partial charge is 0.391 e. The molecule has 1 N–H and O–H groups in total. The molecule has 2 aliphatic rings. The van der Waals surface area contributed by atoms with Crippen molar-refractivity contribution in [3.8, 4) is 0 Å². The number of hydrogen-bond acceptors (Lipinski definition) is 5. The average Bonchev–Trinajstić information content (AvgIpc) is 2.97. The van der Waals surface area contributed by atoms with Gasteiger partial charge >= 0.3 is 0 Å². The number of hydrogen-bond donors (Lipinski definition) is 1. The Morgan fingerprint density at radius 1 is 1.33 bits per heavy atom. The lowest BCUT2D eigenvalue weighted by Crippen LogP contribution is -2.53. The van der Waals surface area contributed by atoms with Crippen molar-refractivity contribution in [3.05, 3.63) is 17.0 Å². The summed E-state index contributed by atoms with van der Waals surface area (Å²) in [5.74, 6) is 0.449. The number of aliphatic hydroxyl groups excluding tert-OH is 1. The summed E-state index contributed by atoms with van der Waals surface area (Å²) >= 11 is 1.17. The first-order chi connectivity index (χ1) is 10.0. The summed E-state index contributed by atoms with van der Waals surface area (Å²) in [4.78, 5) is 3.08. The van der Waals surface area contributed by atoms with Crippen LogP contribution >= 0.6 is 11.3 Å². The van der Waals surface area contributed by atoms with E-state index in [2.05, 4.69) is 11.9 Å². The molecule has 0 aromatic carbocycles. The van der Waals surface area contributed by atoms with Crippen molar-refractivity contribution < 1.29 is 13.5 Å². The number of thiophene rings is 1. The topological polar surface area (TPSA) is 60.9 Å². The van der Waals surface area contributed by atoms with Gasteiger partial charge in [-0.15, -0.1) is 11.3 Å². The zero-order chi connectivity index (χ0) is 15.0. The normalized spacial score (nSPS) is 28.5. The standard InChI is InChI=1S/C14H22N2O3S2/c1-15-7-2-3-11-9-16(8-6-13(11)15)21(18,19)14-5-4-12(10-17)20-14/h4-5,11,13,17H,2-3,6-10H2,1H3. The minimum absolute atomic E-state index is 0.102. The summed E-state index contributed by atoms with van der Waals surface area (Å²) in [6.45, 7) is 2.25. The van der Waals surface area contributed by atoms with Gasteiger partial charge in [-0.2, -0.15) is 4.31 Å². The van der Waals surface area contributed by atoms with E-state index in [1.165, 1.54) is 11.3 Å². The molecule has 0 bridgehead atoms. The van der Waals surface area contributed by atoms with Crippen LogP contribution in [0.4, 0.5) is 0 Å². The molecule has 2 fully saturated rings. The number of piperidine rings is 2. The van der Waals surface area contributed by atoms with Crippen molar-refractivity contribution >= 4 is 21.4 Å². The van der Waals surface area contributed by atoms with Crippen LogP contribution in [0.2, 0.25) is 0 Å². The SMILES string of the molecule is CN1CCCC2CN(S(=O)(=O)c3ccc(CO)s3)CCC21. The maximum absolute atomic E-state index is 12.7. The minimum atomic E-state index is -3.40. The third kappa shape index (κ3) is 2.90. The van der Waals surface area contributed by atoms with Crippen molar-refractivity contribution in [2.75, 3.05) is 26.7 Å². The molecule has 0 radical (unpaired) electrons. The molecule has 2 atom stereocenters. The molecule has 7 heteroatoms. The van der Waals surface area contributed by atoms with Crippen LogP contribution in [-0.2, 0) is 16.6 Å². The number of nitrogens with zero attached hydrogens (tertiary/aromatic N) is 2. The van der Waals surface area contributed by atoms with Crippen LogP contribution in [0.1, 0.15) is 24.1 Å². The molecule has 2 saturated heterocycles. The second-order valence-electron chi connectivity index (χ2n) is 5.98. The van der Waals surface area contributed by atoms with Gasteiger partial charge in [-0.1, -0.05) is 0 Å². The highest BCUT2D eigenvalue weighted by molar-refractivity contribution is 7.91. The Bertz CT molecular complexity index is 599. The predicted octanol–water partition coefficient (Wildman–Crippen LogP) is 1.35. The van der Waals surface area contributed by atoms with E-state index in [4.69, 9.17) is 5.11 Å². The first-order valence-corrected chi connectivity index (χ1v) is 9.68. The van der Waals surface area contributed by atoms with Gasteiger partial charge < -0.3 is 10.0 Å². The molecule has 118 valence electrons. The molecule has 0 aliphatic carbocycles. The number of aliphatic hydroxyl groups is 1. The second-order valence-corrected chi connectivity index (χ2v) is 9.31. The molecular formula is C14H22N2O3S2. The molecule has 21 heavy (non-hydrogen) atoms. The van der Waals surface area contributed by atoms with E-state index in [0.717, 1.165) is 25.8 Å². The number of fused-ring (bicyclic) bond motifs is 1. The van der Waals surface area contributed by atoms with Gasteiger partial charge in [0.05, 0.1) is 6.61 Å². The van der Waals surface area contributed by atoms with Crippen LogP contribution in [0.15, 0.2) is 16.3 Å². The van der Waals surface area contributed by atoms with Crippen LogP contribution in [0.25, 0.3) is 0 Å². The van der Waals surface area contributed by atoms with Crippen molar-refractivity contribution in [2.24, 2.45) is 5.92 Å². The molecule has 3 rings (SSSR count). The smallest absolute Gasteiger partial charge is 0.252 e. The third-order valence-corrected chi connectivity index (χ3v) is 8.10. The fourth-order valence-electron chi connectivity index (χ4n) is 3.55. The maximum Gasteiger partial charge on any atom is 0.252 e. The van der Waals surface area contributed by atoms with Gasteiger partial charge in [-0.05, 0) is 50.9 Å². The highest BCUT2D eigenvalue weighted by atomic mass is 32.2. The van der Waals surface area contributed by atoms with Crippen molar-refractivity contribution in [1.82, 2.24) is 9.21 Å². The van der Waals surface area contributed by atoms with E-state index in [1.54, 1.807) is 16.4 Å². The Morgan fingerprint density at radius 2 is 2.14 bits per heavy atom. The highest BCUT2D eigenvalue weighted by Gasteiger charge is 2.39. The van der Waals surface area contributed by atoms with Gasteiger partial charge in [0.25, 0.3) is 10.0 Å². The van der Waals surface area contributed by atoms with Crippen LogP contribution in [0.5, 0.6) is 0 Å². The van der Waals surface area contributed by atoms with E-state index in [0.29, 0.717) is 34.1 Å². The molecular weight excluding hydrogens is 308 g/mol. The van der Waals surface area contributed by atoms with Crippen LogP contribution < -0.4 is 0 Å². The molecule has 0 amide bonds. The van der Waals surface area contributed by atoms with Crippen molar-refractivity contribution in [2.45, 2.75) is 36.1 Å². The molecule has 2 aliphatic heterocycles. The van der Waals surface area contributed by atoms with Gasteiger partial charge in [0.2, 0.25) is 0 Å². The van der Waals surface area contributed by atoms with E-state index < -0.39 is 10.0 Å². The van der Waals surface area contributed by atoms with E-state index in [-0.39, 0.29) is 6.61 Å². The van der Waals surface area contributed by atoms with Crippen LogP contribution in [0, 0.1) is 5.92 Å². The first kappa shape index (κ1) is 15.4. The van der Waals surface area contributed by atoms with Crippen molar-refractivity contribution in [3.63, 3.8) is 0 Å². The lowest BCUT2D eigenvalue weighted by Gasteiger charge is -2.45. The Balaban J connectivity index is 1.78. The van der Waals surface area contributed by atoms with Gasteiger partial charge in [-0.25, -0.2) is 8.42 Å². The Labute approximate surface area is 130 Å². The lowest BCUT2D eigenvalue weighted by atomic mass is 9.85. The lowest BCUT2D eigenvalue weighted by molar-refractivity contribution is 0.0672. The number of likely N-dealkylation sites (tertiary alicyclic amines) is 1. The average molecular weight is 330 g/mol. The zero-order valence-electron chi connectivity index (χ0n) is 12.2. The van der Waals surface area contributed by atoms with E-state index in [9.17, 15) is 8.42 Å². The highest BCUT2D eigenvalue weighted by Crippen LogP contribution is 2.33. The van der Waals surface area contributed by atoms with E-state index in [1.807, 2.05) is 0 Å². The van der Waals surface area contributed by atoms with Gasteiger partial charge in [0, 0.05) is 24.0 Å². The molecule has 5 nitrogen and oxygen atoms in total. The fourth-order valence-corrected chi connectivity index (χ4v) is 6.43. The Morgan fingerprint density at radius 3 is 2.86 bits per heavy atom. The maximum atomic E-state index is 12.7. The van der Waals surface area contributed by atoms with Crippen LogP contribution in [-0.4, -0.2) is 55.5 Å². The minimum Gasteiger partial charge on any atom is -0.391 e. The van der Waals surface area contributed by atoms with Gasteiger partial charge in [0.1, 0.15) is 4.21 Å². The summed E-state index contributed by atoms with van der Waals surface area (Å²) in [7, 11) is -1.25. The molecule has 1 aromatic heterocycles. The predicted molar refractivity (Wildman–Crippen MR) is 82.8 cm³/mol. The fraction of sp³-hybridized carbons (Fsp3) is 0.714. The summed E-state index contributed by atoms with van der Waals surface area (Å²) in [5.41, 5.74) is 0. The Kier molecular flexibility index (Phi) is 4.38. The zero-order valence-corrected chi connectivity index (χ0v) is 13.9. The second kappa shape index (κ2) is 5.96. The summed E-state index contributed by atoms with van der Waals surface area (Å²) < 4.78 is 27.4. The number of rotatable bonds is 3. The molecule has 0 saturated carbocycles. The monoisotopic (exact) mass is 330 g/mol. The Hall–Kier alpha value is -0.470. The molecule has 3 heterocycles. The molecule has 0 spiro atoms. The number of sulfonamides is 1. The first-order valence-electron chi connectivity index (χ1n) is 7.42. The quantitative estimate of drug-likeness (QED) is 0.909. The molecule has 1 aromatic rings. The van der Waals surface area contributed by atoms with Gasteiger partial charge in [-0.3, -0.25) is 0 Å². The summed E-state index contributed by atoms with van der Waals surface area (Å²) in [6.07, 6.45) is 3.19. The van der Waals surface area contributed by atoms with Crippen LogP contribution in [0.3, 0.4) is 0 Å². The third-order valence-electron chi connectivity index (χ3n) is 4.70.